The van der Waals surface area contributed by atoms with Gasteiger partial charge >= 0.3 is 12.4 Å². The molecule has 0 bridgehead atoms. The van der Waals surface area contributed by atoms with Crippen molar-refractivity contribution in [3.8, 4) is 28.6 Å². The average molecular weight is 674 g/mol. The summed E-state index contributed by atoms with van der Waals surface area (Å²) in [6.07, 6.45) is -10.3. The number of aryl methyl sites for hydroxylation is 2. The molecule has 0 unspecified atom stereocenters. The highest BCUT2D eigenvalue weighted by atomic mass is 19.4. The molecule has 0 aliphatic heterocycles. The smallest absolute Gasteiger partial charge is 0.308 e. The molecule has 2 heterocycles. The summed E-state index contributed by atoms with van der Waals surface area (Å²) in [5, 5.41) is 13.5. The van der Waals surface area contributed by atoms with E-state index in [1.807, 2.05) is 62.4 Å². The molecular weight excluding hydrogens is 648 g/mol. The van der Waals surface area contributed by atoms with Gasteiger partial charge < -0.3 is 9.13 Å². The van der Waals surface area contributed by atoms with Crippen molar-refractivity contribution in [3.05, 3.63) is 143 Å². The fourth-order valence-corrected chi connectivity index (χ4v) is 7.27. The molecule has 0 atom stereocenters. The van der Waals surface area contributed by atoms with Crippen molar-refractivity contribution >= 4 is 43.6 Å². The van der Waals surface area contributed by atoms with Gasteiger partial charge in [-0.2, -0.15) is 31.6 Å². The first-order valence-corrected chi connectivity index (χ1v) is 15.7. The Morgan fingerprint density at radius 3 is 1.32 bits per heavy atom. The predicted octanol–water partition coefficient (Wildman–Crippen LogP) is 12.1. The summed E-state index contributed by atoms with van der Waals surface area (Å²) in [7, 11) is 0. The number of halogens is 6. The van der Waals surface area contributed by atoms with Crippen molar-refractivity contribution in [1.29, 1.82) is 5.26 Å². The standard InChI is InChI=1S/C41H25F6N3/c1-23-14-16-34-28(18-23)26-8-3-5-12-32(26)49(34)36-20-25(22-48)21-37(39(36)38-30(40(42,43)44)10-7-11-31(38)41(45,46)47)50-33-13-6-4-9-27(33)29-19-24(2)15-17-35(29)50/h3-21H,1-2H3. The van der Waals surface area contributed by atoms with Crippen molar-refractivity contribution < 1.29 is 26.3 Å². The Bertz CT molecular complexity index is 2550. The van der Waals surface area contributed by atoms with E-state index in [1.54, 1.807) is 45.5 Å². The van der Waals surface area contributed by atoms with Gasteiger partial charge in [0.05, 0.1) is 56.2 Å². The summed E-state index contributed by atoms with van der Waals surface area (Å²) in [5.74, 6) is 0. The third kappa shape index (κ3) is 4.74. The molecule has 0 amide bonds. The van der Waals surface area contributed by atoms with E-state index in [9.17, 15) is 5.26 Å². The van der Waals surface area contributed by atoms with Gasteiger partial charge in [0, 0.05) is 32.7 Å². The number of nitrogens with zero attached hydrogens (tertiary/aromatic N) is 3. The molecule has 0 N–H and O–H groups in total. The molecule has 246 valence electrons. The Hall–Kier alpha value is -6.01. The molecule has 9 heteroatoms. The first kappa shape index (κ1) is 31.3. The zero-order valence-electron chi connectivity index (χ0n) is 26.6. The molecule has 2 aromatic heterocycles. The number of nitriles is 1. The highest BCUT2D eigenvalue weighted by Gasteiger charge is 2.43. The van der Waals surface area contributed by atoms with Crippen molar-refractivity contribution in [2.45, 2.75) is 26.2 Å². The molecule has 50 heavy (non-hydrogen) atoms. The molecule has 3 nitrogen and oxygen atoms in total. The van der Waals surface area contributed by atoms with E-state index in [0.717, 1.165) is 38.7 Å². The fraction of sp³-hybridized carbons (Fsp3) is 0.0976. The first-order chi connectivity index (χ1) is 23.9. The van der Waals surface area contributed by atoms with Crippen LogP contribution in [0.25, 0.3) is 66.1 Å². The van der Waals surface area contributed by atoms with Crippen molar-refractivity contribution in [2.75, 3.05) is 0 Å². The number of benzene rings is 6. The number of alkyl halides is 6. The number of rotatable bonds is 3. The maximum Gasteiger partial charge on any atom is 0.417 e. The van der Waals surface area contributed by atoms with Crippen LogP contribution in [0.15, 0.2) is 115 Å². The Morgan fingerprint density at radius 2 is 0.900 bits per heavy atom. The lowest BCUT2D eigenvalue weighted by Gasteiger charge is -2.25. The Kier molecular flexibility index (Phi) is 6.88. The summed E-state index contributed by atoms with van der Waals surface area (Å²) in [5.41, 5.74) is -0.0164. The van der Waals surface area contributed by atoms with Crippen LogP contribution in [0.3, 0.4) is 0 Å². The summed E-state index contributed by atoms with van der Waals surface area (Å²) in [6, 6.07) is 32.7. The SMILES string of the molecule is Cc1ccc2c(c1)c1ccccc1n2-c1cc(C#N)cc(-n2c3ccccc3c3cc(C)ccc32)c1-c1c(C(F)(F)F)cccc1C(F)(F)F. The van der Waals surface area contributed by atoms with Gasteiger partial charge in [0.15, 0.2) is 0 Å². The zero-order valence-corrected chi connectivity index (χ0v) is 26.6. The maximum absolute atomic E-state index is 15.1. The van der Waals surface area contributed by atoms with Gasteiger partial charge in [-0.3, -0.25) is 0 Å². The van der Waals surface area contributed by atoms with E-state index in [4.69, 9.17) is 0 Å². The monoisotopic (exact) mass is 673 g/mol. The third-order valence-electron chi connectivity index (χ3n) is 9.29. The van der Waals surface area contributed by atoms with E-state index >= 15 is 26.3 Å². The van der Waals surface area contributed by atoms with Gasteiger partial charge in [0.2, 0.25) is 0 Å². The first-order valence-electron chi connectivity index (χ1n) is 15.7. The zero-order chi connectivity index (χ0) is 35.1. The maximum atomic E-state index is 15.1. The van der Waals surface area contributed by atoms with Crippen molar-refractivity contribution in [3.63, 3.8) is 0 Å². The van der Waals surface area contributed by atoms with Crippen LogP contribution in [0.2, 0.25) is 0 Å². The molecule has 0 radical (unpaired) electrons. The second kappa shape index (κ2) is 11.0. The number of aromatic nitrogens is 2. The largest absolute Gasteiger partial charge is 0.417 e. The minimum atomic E-state index is -5.16. The topological polar surface area (TPSA) is 33.6 Å². The van der Waals surface area contributed by atoms with E-state index in [0.29, 0.717) is 34.2 Å². The van der Waals surface area contributed by atoms with Gasteiger partial charge in [0.1, 0.15) is 0 Å². The van der Waals surface area contributed by atoms with E-state index in [1.165, 1.54) is 12.1 Å². The van der Waals surface area contributed by atoms with Gasteiger partial charge in [-0.15, -0.1) is 0 Å². The van der Waals surface area contributed by atoms with E-state index in [-0.39, 0.29) is 22.5 Å². The van der Waals surface area contributed by atoms with Crippen LogP contribution >= 0.6 is 0 Å². The van der Waals surface area contributed by atoms with Crippen LogP contribution in [0.1, 0.15) is 27.8 Å². The summed E-state index contributed by atoms with van der Waals surface area (Å²) < 4.78 is 93.7. The molecule has 0 fully saturated rings. The lowest BCUT2D eigenvalue weighted by molar-refractivity contribution is -0.142. The minimum Gasteiger partial charge on any atom is -0.308 e. The Labute approximate surface area is 281 Å². The third-order valence-corrected chi connectivity index (χ3v) is 9.29. The number of para-hydroxylation sites is 2. The molecule has 0 saturated heterocycles. The fourth-order valence-electron chi connectivity index (χ4n) is 7.27. The summed E-state index contributed by atoms with van der Waals surface area (Å²) in [4.78, 5) is 0. The number of hydrogen-bond donors (Lipinski definition) is 0. The highest BCUT2D eigenvalue weighted by Crippen LogP contribution is 2.50. The van der Waals surface area contributed by atoms with Gasteiger partial charge in [0.25, 0.3) is 0 Å². The van der Waals surface area contributed by atoms with Crippen LogP contribution in [0.5, 0.6) is 0 Å². The lowest BCUT2D eigenvalue weighted by Crippen LogP contribution is -2.16. The average Bonchev–Trinajstić information content (AvgIpc) is 3.58. The molecular formula is C41H25F6N3. The van der Waals surface area contributed by atoms with Crippen LogP contribution in [-0.2, 0) is 12.4 Å². The van der Waals surface area contributed by atoms with E-state index in [2.05, 4.69) is 6.07 Å². The van der Waals surface area contributed by atoms with Crippen LogP contribution in [0.4, 0.5) is 26.3 Å². The quantitative estimate of drug-likeness (QED) is 0.172. The van der Waals surface area contributed by atoms with Gasteiger partial charge in [-0.1, -0.05) is 65.7 Å². The molecule has 0 spiro atoms. The molecule has 0 aliphatic rings. The summed E-state index contributed by atoms with van der Waals surface area (Å²) in [6.45, 7) is 3.81. The van der Waals surface area contributed by atoms with Gasteiger partial charge in [-0.05, 0) is 74.5 Å². The highest BCUT2D eigenvalue weighted by molar-refractivity contribution is 6.12. The second-order valence-corrected chi connectivity index (χ2v) is 12.5. The Balaban J connectivity index is 1.68. The van der Waals surface area contributed by atoms with Crippen LogP contribution in [0, 0.1) is 25.2 Å². The second-order valence-electron chi connectivity index (χ2n) is 12.5. The number of fused-ring (bicyclic) bond motifs is 6. The number of hydrogen-bond acceptors (Lipinski definition) is 1. The molecule has 8 aromatic rings. The Morgan fingerprint density at radius 1 is 0.480 bits per heavy atom. The lowest BCUT2D eigenvalue weighted by atomic mass is 9.89. The normalized spacial score (nSPS) is 12.4. The van der Waals surface area contributed by atoms with Crippen molar-refractivity contribution in [1.82, 2.24) is 9.13 Å². The predicted molar refractivity (Wildman–Crippen MR) is 185 cm³/mol. The van der Waals surface area contributed by atoms with Crippen LogP contribution in [-0.4, -0.2) is 9.13 Å². The molecule has 8 rings (SSSR count). The van der Waals surface area contributed by atoms with E-state index < -0.39 is 29.0 Å². The molecule has 0 saturated carbocycles. The minimum absolute atomic E-state index is 0.00865. The molecule has 0 aliphatic carbocycles. The van der Waals surface area contributed by atoms with Gasteiger partial charge in [-0.25, -0.2) is 0 Å². The molecule has 6 aromatic carbocycles. The van der Waals surface area contributed by atoms with Crippen molar-refractivity contribution in [2.24, 2.45) is 0 Å². The summed E-state index contributed by atoms with van der Waals surface area (Å²) >= 11 is 0. The van der Waals surface area contributed by atoms with Crippen LogP contribution < -0.4 is 0 Å².